The topological polar surface area (TPSA) is 87.0 Å². The van der Waals surface area contributed by atoms with Gasteiger partial charge in [0, 0.05) is 23.4 Å². The summed E-state index contributed by atoms with van der Waals surface area (Å²) in [5.74, 6) is 1.11. The number of rotatable bonds is 6. The van der Waals surface area contributed by atoms with E-state index in [0.717, 1.165) is 48.6 Å². The summed E-state index contributed by atoms with van der Waals surface area (Å²) in [6.45, 7) is 4.70. The number of aromatic nitrogens is 3. The number of carbonyl (C=O) groups is 1. The van der Waals surface area contributed by atoms with Crippen LogP contribution in [0.5, 0.6) is 0 Å². The van der Waals surface area contributed by atoms with Gasteiger partial charge in [0.15, 0.2) is 5.76 Å². The van der Waals surface area contributed by atoms with Crippen LogP contribution in [0.25, 0.3) is 11.3 Å². The molecule has 1 amide bonds. The number of aryl methyl sites for hydroxylation is 1. The highest BCUT2D eigenvalue weighted by Crippen LogP contribution is 2.33. The minimum Gasteiger partial charge on any atom is -0.356 e. The van der Waals surface area contributed by atoms with Crippen LogP contribution in [0.2, 0.25) is 0 Å². The van der Waals surface area contributed by atoms with E-state index >= 15 is 0 Å². The van der Waals surface area contributed by atoms with Gasteiger partial charge in [-0.1, -0.05) is 11.2 Å². The van der Waals surface area contributed by atoms with E-state index in [9.17, 15) is 4.79 Å². The largest absolute Gasteiger partial charge is 0.356 e. The zero-order chi connectivity index (χ0) is 18.6. The highest BCUT2D eigenvalue weighted by atomic mass is 32.1. The van der Waals surface area contributed by atoms with E-state index in [-0.39, 0.29) is 5.91 Å². The Hall–Kier alpha value is -2.45. The summed E-state index contributed by atoms with van der Waals surface area (Å²) in [6.07, 6.45) is 3.91. The molecule has 7 nitrogen and oxygen atoms in total. The number of nitrogens with zero attached hydrogens (tertiary/aromatic N) is 3. The highest BCUT2D eigenvalue weighted by Gasteiger charge is 2.27. The maximum absolute atomic E-state index is 12.3. The van der Waals surface area contributed by atoms with E-state index < -0.39 is 0 Å². The minimum absolute atomic E-state index is 0.0692. The molecule has 3 aromatic heterocycles. The normalized spacial score (nSPS) is 17.9. The average Bonchev–Trinajstić information content (AvgIpc) is 3.41. The molecule has 1 atom stereocenters. The Morgan fingerprint density at radius 3 is 3.22 bits per heavy atom. The zero-order valence-electron chi connectivity index (χ0n) is 15.3. The third-order valence-corrected chi connectivity index (χ3v) is 5.76. The van der Waals surface area contributed by atoms with Gasteiger partial charge < -0.3 is 9.84 Å². The molecule has 0 saturated carbocycles. The molecular formula is C19H23N5O2S. The van der Waals surface area contributed by atoms with Crippen LogP contribution in [0.15, 0.2) is 34.3 Å². The Balaban J connectivity index is 1.37. The van der Waals surface area contributed by atoms with Crippen molar-refractivity contribution in [2.75, 3.05) is 19.6 Å². The lowest BCUT2D eigenvalue weighted by Crippen LogP contribution is -2.41. The van der Waals surface area contributed by atoms with Crippen LogP contribution in [0.4, 0.5) is 0 Å². The summed E-state index contributed by atoms with van der Waals surface area (Å²) in [5, 5.41) is 16.4. The average molecular weight is 385 g/mol. The molecule has 3 aromatic rings. The molecule has 1 fully saturated rings. The monoisotopic (exact) mass is 385 g/mol. The number of piperidine rings is 1. The fourth-order valence-corrected chi connectivity index (χ4v) is 4.23. The first-order chi connectivity index (χ1) is 13.2. The molecule has 27 heavy (non-hydrogen) atoms. The predicted molar refractivity (Wildman–Crippen MR) is 103 cm³/mol. The smallest absolute Gasteiger partial charge is 0.234 e. The molecule has 4 heterocycles. The maximum Gasteiger partial charge on any atom is 0.234 e. The SMILES string of the molecule is Cc1cc(-c2cn[nH]c2C2CCCN(CC(=O)NCc3cccs3)C2)on1. The van der Waals surface area contributed by atoms with Crippen molar-refractivity contribution in [3.63, 3.8) is 0 Å². The van der Waals surface area contributed by atoms with Crippen LogP contribution in [0, 0.1) is 6.92 Å². The van der Waals surface area contributed by atoms with Crippen LogP contribution < -0.4 is 5.32 Å². The Bertz CT molecular complexity index is 886. The molecule has 0 aromatic carbocycles. The first-order valence-electron chi connectivity index (χ1n) is 9.17. The molecular weight excluding hydrogens is 362 g/mol. The summed E-state index contributed by atoms with van der Waals surface area (Å²) >= 11 is 1.66. The number of aromatic amines is 1. The van der Waals surface area contributed by atoms with Crippen molar-refractivity contribution in [3.05, 3.63) is 46.0 Å². The summed E-state index contributed by atoms with van der Waals surface area (Å²) < 4.78 is 5.41. The molecule has 0 aliphatic carbocycles. The van der Waals surface area contributed by atoms with Crippen LogP contribution in [0.3, 0.4) is 0 Å². The van der Waals surface area contributed by atoms with Crippen LogP contribution >= 0.6 is 11.3 Å². The number of likely N-dealkylation sites (tertiary alicyclic amines) is 1. The van der Waals surface area contributed by atoms with Gasteiger partial charge in [0.25, 0.3) is 0 Å². The van der Waals surface area contributed by atoms with Gasteiger partial charge in [-0.3, -0.25) is 14.8 Å². The molecule has 1 saturated heterocycles. The molecule has 0 radical (unpaired) electrons. The van der Waals surface area contributed by atoms with Crippen molar-refractivity contribution in [3.8, 4) is 11.3 Å². The third-order valence-electron chi connectivity index (χ3n) is 4.88. The van der Waals surface area contributed by atoms with Crippen LogP contribution in [-0.2, 0) is 11.3 Å². The minimum atomic E-state index is 0.0692. The first-order valence-corrected chi connectivity index (χ1v) is 10.1. The van der Waals surface area contributed by atoms with Crippen molar-refractivity contribution >= 4 is 17.2 Å². The van der Waals surface area contributed by atoms with Crippen molar-refractivity contribution in [1.82, 2.24) is 25.6 Å². The maximum atomic E-state index is 12.3. The van der Waals surface area contributed by atoms with Gasteiger partial charge in [0.1, 0.15) is 0 Å². The predicted octanol–water partition coefficient (Wildman–Crippen LogP) is 2.93. The standard InChI is InChI=1S/C19H23N5O2S/c1-13-8-17(26-23-13)16-10-21-22-19(16)14-4-2-6-24(11-14)12-18(25)20-9-15-5-3-7-27-15/h3,5,7-8,10,14H,2,4,6,9,11-12H2,1H3,(H,20,25)(H,21,22). The molecule has 2 N–H and O–H groups in total. The van der Waals surface area contributed by atoms with E-state index in [4.69, 9.17) is 4.52 Å². The lowest BCUT2D eigenvalue weighted by molar-refractivity contribution is -0.122. The van der Waals surface area contributed by atoms with E-state index in [0.29, 0.717) is 19.0 Å². The molecule has 4 rings (SSSR count). The number of carbonyl (C=O) groups excluding carboxylic acids is 1. The number of hydrogen-bond acceptors (Lipinski definition) is 6. The van der Waals surface area contributed by atoms with Crippen LogP contribution in [0.1, 0.15) is 35.0 Å². The van der Waals surface area contributed by atoms with E-state index in [1.807, 2.05) is 30.5 Å². The number of nitrogens with one attached hydrogen (secondary N) is 2. The van der Waals surface area contributed by atoms with Crippen LogP contribution in [-0.4, -0.2) is 45.8 Å². The molecule has 1 aliphatic heterocycles. The van der Waals surface area contributed by atoms with Crippen molar-refractivity contribution in [2.24, 2.45) is 0 Å². The van der Waals surface area contributed by atoms with Gasteiger partial charge in [0.2, 0.25) is 5.91 Å². The third kappa shape index (κ3) is 4.28. The number of thiophene rings is 1. The van der Waals surface area contributed by atoms with E-state index in [2.05, 4.69) is 25.6 Å². The fraction of sp³-hybridized carbons (Fsp3) is 0.421. The second-order valence-corrected chi connectivity index (χ2v) is 7.99. The summed E-state index contributed by atoms with van der Waals surface area (Å²) in [6, 6.07) is 5.96. The number of H-pyrrole nitrogens is 1. The summed E-state index contributed by atoms with van der Waals surface area (Å²) in [5.41, 5.74) is 2.88. The van der Waals surface area contributed by atoms with Gasteiger partial charge in [-0.05, 0) is 37.8 Å². The Morgan fingerprint density at radius 1 is 1.52 bits per heavy atom. The van der Waals surface area contributed by atoms with E-state index in [1.165, 1.54) is 4.88 Å². The highest BCUT2D eigenvalue weighted by molar-refractivity contribution is 7.09. The van der Waals surface area contributed by atoms with Crippen molar-refractivity contribution < 1.29 is 9.32 Å². The Labute approximate surface area is 161 Å². The fourth-order valence-electron chi connectivity index (χ4n) is 3.59. The molecule has 8 heteroatoms. The summed E-state index contributed by atoms with van der Waals surface area (Å²) in [7, 11) is 0. The quantitative estimate of drug-likeness (QED) is 0.681. The van der Waals surface area contributed by atoms with Gasteiger partial charge in [-0.25, -0.2) is 0 Å². The second kappa shape index (κ2) is 8.06. The molecule has 142 valence electrons. The Morgan fingerprint density at radius 2 is 2.44 bits per heavy atom. The Kier molecular flexibility index (Phi) is 5.35. The molecule has 1 unspecified atom stereocenters. The summed E-state index contributed by atoms with van der Waals surface area (Å²) in [4.78, 5) is 15.7. The number of hydrogen-bond donors (Lipinski definition) is 2. The van der Waals surface area contributed by atoms with E-state index in [1.54, 1.807) is 17.5 Å². The molecule has 0 bridgehead atoms. The van der Waals surface area contributed by atoms with Crippen molar-refractivity contribution in [2.45, 2.75) is 32.2 Å². The zero-order valence-corrected chi connectivity index (χ0v) is 16.1. The van der Waals surface area contributed by atoms with Gasteiger partial charge in [0.05, 0.1) is 36.2 Å². The molecule has 1 aliphatic rings. The lowest BCUT2D eigenvalue weighted by atomic mass is 9.92. The van der Waals surface area contributed by atoms with Crippen molar-refractivity contribution in [1.29, 1.82) is 0 Å². The second-order valence-electron chi connectivity index (χ2n) is 6.96. The number of amides is 1. The van der Waals surface area contributed by atoms with Gasteiger partial charge in [-0.15, -0.1) is 11.3 Å². The van der Waals surface area contributed by atoms with Gasteiger partial charge >= 0.3 is 0 Å². The first kappa shape index (κ1) is 17.9. The lowest BCUT2D eigenvalue weighted by Gasteiger charge is -2.32. The van der Waals surface area contributed by atoms with Gasteiger partial charge in [-0.2, -0.15) is 5.10 Å². The molecule has 0 spiro atoms.